The van der Waals surface area contributed by atoms with Crippen LogP contribution in [0.3, 0.4) is 0 Å². The van der Waals surface area contributed by atoms with E-state index < -0.39 is 0 Å². The number of hydrogen-bond donors (Lipinski definition) is 0. The summed E-state index contributed by atoms with van der Waals surface area (Å²) in [5.41, 5.74) is 1.28. The first kappa shape index (κ1) is 12.9. The summed E-state index contributed by atoms with van der Waals surface area (Å²) in [6, 6.07) is 10.9. The lowest BCUT2D eigenvalue weighted by atomic mass is 10.1. The highest BCUT2D eigenvalue weighted by molar-refractivity contribution is 5.41. The number of aryl methyl sites for hydroxylation is 1. The standard InChI is InChI=1S/C15H14N2O2/c1-3-19-13-6-4-12(5-7-13)17-9-8-11(2)14(10-16)15(17)18/h4-9H,3H2,1-2H3. The van der Waals surface area contributed by atoms with Gasteiger partial charge in [0.15, 0.2) is 0 Å². The Kier molecular flexibility index (Phi) is 3.67. The van der Waals surface area contributed by atoms with Crippen molar-refractivity contribution >= 4 is 0 Å². The van der Waals surface area contributed by atoms with Gasteiger partial charge in [-0.2, -0.15) is 5.26 Å². The van der Waals surface area contributed by atoms with Crippen molar-refractivity contribution in [2.24, 2.45) is 0 Å². The van der Waals surface area contributed by atoms with Crippen LogP contribution in [0.2, 0.25) is 0 Å². The summed E-state index contributed by atoms with van der Waals surface area (Å²) in [6.45, 7) is 4.27. The maximum Gasteiger partial charge on any atom is 0.273 e. The zero-order valence-corrected chi connectivity index (χ0v) is 10.9. The summed E-state index contributed by atoms with van der Waals surface area (Å²) in [5.74, 6) is 0.756. The maximum atomic E-state index is 12.1. The quantitative estimate of drug-likeness (QED) is 0.845. The molecule has 1 heterocycles. The predicted molar refractivity (Wildman–Crippen MR) is 72.7 cm³/mol. The molecular formula is C15H14N2O2. The van der Waals surface area contributed by atoms with Gasteiger partial charge in [-0.1, -0.05) is 0 Å². The molecule has 0 saturated carbocycles. The highest BCUT2D eigenvalue weighted by Crippen LogP contribution is 2.14. The highest BCUT2D eigenvalue weighted by atomic mass is 16.5. The third-order valence-electron chi connectivity index (χ3n) is 2.84. The van der Waals surface area contributed by atoms with E-state index in [4.69, 9.17) is 10.00 Å². The highest BCUT2D eigenvalue weighted by Gasteiger charge is 2.07. The summed E-state index contributed by atoms with van der Waals surface area (Å²) < 4.78 is 6.81. The van der Waals surface area contributed by atoms with Gasteiger partial charge in [0.25, 0.3) is 5.56 Å². The largest absolute Gasteiger partial charge is 0.494 e. The van der Waals surface area contributed by atoms with E-state index in [1.165, 1.54) is 4.57 Å². The van der Waals surface area contributed by atoms with E-state index in [0.717, 1.165) is 5.75 Å². The SMILES string of the molecule is CCOc1ccc(-n2ccc(C)c(C#N)c2=O)cc1. The molecule has 2 aromatic rings. The van der Waals surface area contributed by atoms with Crippen molar-refractivity contribution < 1.29 is 4.74 Å². The minimum Gasteiger partial charge on any atom is -0.494 e. The number of hydrogen-bond acceptors (Lipinski definition) is 3. The van der Waals surface area contributed by atoms with Crippen molar-refractivity contribution in [2.45, 2.75) is 13.8 Å². The fourth-order valence-electron chi connectivity index (χ4n) is 1.84. The van der Waals surface area contributed by atoms with Crippen LogP contribution >= 0.6 is 0 Å². The fraction of sp³-hybridized carbons (Fsp3) is 0.200. The van der Waals surface area contributed by atoms with Crippen LogP contribution in [0.4, 0.5) is 0 Å². The minimum absolute atomic E-state index is 0.177. The van der Waals surface area contributed by atoms with Crippen molar-refractivity contribution in [3.8, 4) is 17.5 Å². The second-order valence-electron chi connectivity index (χ2n) is 4.09. The Bertz CT molecular complexity index is 679. The third-order valence-corrected chi connectivity index (χ3v) is 2.84. The van der Waals surface area contributed by atoms with E-state index in [1.54, 1.807) is 43.5 Å². The molecule has 0 fully saturated rings. The summed E-state index contributed by atoms with van der Waals surface area (Å²) in [6.07, 6.45) is 1.67. The van der Waals surface area contributed by atoms with Gasteiger partial charge in [-0.05, 0) is 49.7 Å². The molecule has 1 aromatic heterocycles. The molecule has 0 aliphatic rings. The normalized spacial score (nSPS) is 9.95. The average molecular weight is 254 g/mol. The zero-order valence-electron chi connectivity index (χ0n) is 10.9. The van der Waals surface area contributed by atoms with Crippen LogP contribution in [0.1, 0.15) is 18.1 Å². The molecule has 0 radical (unpaired) electrons. The lowest BCUT2D eigenvalue weighted by molar-refractivity contribution is 0.340. The molecule has 0 bridgehead atoms. The van der Waals surface area contributed by atoms with E-state index in [2.05, 4.69) is 0 Å². The van der Waals surface area contributed by atoms with Crippen LogP contribution in [0.5, 0.6) is 5.75 Å². The number of pyridine rings is 1. The summed E-state index contributed by atoms with van der Waals surface area (Å²) in [7, 11) is 0. The summed E-state index contributed by atoms with van der Waals surface area (Å²) in [5, 5.41) is 9.00. The molecule has 0 aliphatic heterocycles. The van der Waals surface area contributed by atoms with Crippen molar-refractivity contribution in [3.05, 3.63) is 58.0 Å². The van der Waals surface area contributed by atoms with Crippen molar-refractivity contribution in [1.29, 1.82) is 5.26 Å². The van der Waals surface area contributed by atoms with Crippen LogP contribution in [0.25, 0.3) is 5.69 Å². The van der Waals surface area contributed by atoms with Gasteiger partial charge >= 0.3 is 0 Å². The molecule has 0 unspecified atom stereocenters. The van der Waals surface area contributed by atoms with Crippen LogP contribution in [-0.4, -0.2) is 11.2 Å². The van der Waals surface area contributed by atoms with Gasteiger partial charge in [0, 0.05) is 11.9 Å². The number of aromatic nitrogens is 1. The molecule has 96 valence electrons. The Morgan fingerprint density at radius 2 is 1.95 bits per heavy atom. The first-order valence-corrected chi connectivity index (χ1v) is 6.03. The lowest BCUT2D eigenvalue weighted by Gasteiger charge is -2.08. The average Bonchev–Trinajstić information content (AvgIpc) is 2.41. The van der Waals surface area contributed by atoms with Gasteiger partial charge in [-0.15, -0.1) is 0 Å². The van der Waals surface area contributed by atoms with E-state index in [9.17, 15) is 4.79 Å². The second-order valence-corrected chi connectivity index (χ2v) is 4.09. The van der Waals surface area contributed by atoms with Crippen LogP contribution in [0, 0.1) is 18.3 Å². The number of nitrogens with zero attached hydrogens (tertiary/aromatic N) is 2. The topological polar surface area (TPSA) is 55.0 Å². The molecule has 0 amide bonds. The Morgan fingerprint density at radius 3 is 2.53 bits per heavy atom. The van der Waals surface area contributed by atoms with Gasteiger partial charge < -0.3 is 4.74 Å². The van der Waals surface area contributed by atoms with Gasteiger partial charge in [-0.25, -0.2) is 0 Å². The number of benzene rings is 1. The molecule has 19 heavy (non-hydrogen) atoms. The van der Waals surface area contributed by atoms with Crippen molar-refractivity contribution in [2.75, 3.05) is 6.61 Å². The Morgan fingerprint density at radius 1 is 1.26 bits per heavy atom. The molecular weight excluding hydrogens is 240 g/mol. The number of ether oxygens (including phenoxy) is 1. The Labute approximate surface area is 111 Å². The van der Waals surface area contributed by atoms with Gasteiger partial charge in [0.2, 0.25) is 0 Å². The van der Waals surface area contributed by atoms with E-state index in [-0.39, 0.29) is 11.1 Å². The maximum absolute atomic E-state index is 12.1. The Hall–Kier alpha value is -2.54. The van der Waals surface area contributed by atoms with Crippen molar-refractivity contribution in [3.63, 3.8) is 0 Å². The van der Waals surface area contributed by atoms with Gasteiger partial charge in [0.1, 0.15) is 17.4 Å². The van der Waals surface area contributed by atoms with Crippen LogP contribution in [-0.2, 0) is 0 Å². The molecule has 0 aliphatic carbocycles. The fourth-order valence-corrected chi connectivity index (χ4v) is 1.84. The molecule has 0 atom stereocenters. The Balaban J connectivity index is 2.48. The molecule has 2 rings (SSSR count). The molecule has 0 N–H and O–H groups in total. The zero-order chi connectivity index (χ0) is 13.8. The van der Waals surface area contributed by atoms with Crippen LogP contribution < -0.4 is 10.3 Å². The molecule has 0 spiro atoms. The minimum atomic E-state index is -0.299. The molecule has 0 saturated heterocycles. The van der Waals surface area contributed by atoms with Crippen LogP contribution in [0.15, 0.2) is 41.3 Å². The smallest absolute Gasteiger partial charge is 0.273 e. The summed E-state index contributed by atoms with van der Waals surface area (Å²) in [4.78, 5) is 12.1. The van der Waals surface area contributed by atoms with E-state index in [1.807, 2.05) is 13.0 Å². The molecule has 4 nitrogen and oxygen atoms in total. The number of nitriles is 1. The predicted octanol–water partition coefficient (Wildman–Crippen LogP) is 2.42. The molecule has 4 heteroatoms. The third kappa shape index (κ3) is 2.50. The van der Waals surface area contributed by atoms with E-state index in [0.29, 0.717) is 17.9 Å². The number of rotatable bonds is 3. The first-order chi connectivity index (χ1) is 9.17. The van der Waals surface area contributed by atoms with Gasteiger partial charge in [0.05, 0.1) is 6.61 Å². The lowest BCUT2D eigenvalue weighted by Crippen LogP contribution is -2.21. The first-order valence-electron chi connectivity index (χ1n) is 6.03. The van der Waals surface area contributed by atoms with Gasteiger partial charge in [-0.3, -0.25) is 9.36 Å². The monoisotopic (exact) mass is 254 g/mol. The van der Waals surface area contributed by atoms with Crippen molar-refractivity contribution in [1.82, 2.24) is 4.57 Å². The summed E-state index contributed by atoms with van der Waals surface area (Å²) >= 11 is 0. The molecule has 1 aromatic carbocycles. The van der Waals surface area contributed by atoms with E-state index >= 15 is 0 Å². The second kappa shape index (κ2) is 5.40.